The second kappa shape index (κ2) is 7.62. The minimum atomic E-state index is 0.0481. The fraction of sp³-hybridized carbons (Fsp3) is 0.190. The summed E-state index contributed by atoms with van der Waals surface area (Å²) in [4.78, 5) is 2.24. The van der Waals surface area contributed by atoms with Crippen molar-refractivity contribution in [3.63, 3.8) is 0 Å². The van der Waals surface area contributed by atoms with E-state index in [4.69, 9.17) is 28.6 Å². The number of thiocarbonyl (C=S) groups is 1. The van der Waals surface area contributed by atoms with Crippen LogP contribution in [0.15, 0.2) is 66.9 Å². The Labute approximate surface area is 169 Å². The van der Waals surface area contributed by atoms with Crippen LogP contribution in [0.3, 0.4) is 0 Å². The van der Waals surface area contributed by atoms with Gasteiger partial charge in [-0.25, -0.2) is 0 Å². The van der Waals surface area contributed by atoms with Crippen LogP contribution in [0.25, 0.3) is 0 Å². The van der Waals surface area contributed by atoms with E-state index < -0.39 is 0 Å². The smallest absolute Gasteiger partial charge is 0.174 e. The van der Waals surface area contributed by atoms with E-state index in [1.807, 2.05) is 36.4 Å². The molecule has 0 spiro atoms. The third-order valence-corrected chi connectivity index (χ3v) is 5.41. The lowest BCUT2D eigenvalue weighted by Crippen LogP contribution is -2.44. The number of methoxy groups -OCH3 is 1. The highest BCUT2D eigenvalue weighted by molar-refractivity contribution is 7.80. The van der Waals surface area contributed by atoms with Crippen molar-refractivity contribution in [3.05, 3.63) is 83.1 Å². The molecule has 1 aliphatic rings. The van der Waals surface area contributed by atoms with E-state index in [1.165, 1.54) is 11.3 Å². The zero-order chi connectivity index (χ0) is 18.8. The number of hydrogen-bond acceptors (Lipinski definition) is 2. The Morgan fingerprint density at radius 1 is 1.07 bits per heavy atom. The Morgan fingerprint density at radius 3 is 2.52 bits per heavy atom. The number of nitrogens with one attached hydrogen (secondary N) is 1. The Morgan fingerprint density at radius 2 is 1.81 bits per heavy atom. The Balaban J connectivity index is 1.65. The van der Waals surface area contributed by atoms with Gasteiger partial charge in [0.1, 0.15) is 5.75 Å². The van der Waals surface area contributed by atoms with E-state index in [0.717, 1.165) is 24.5 Å². The van der Waals surface area contributed by atoms with Crippen molar-refractivity contribution < 1.29 is 4.74 Å². The summed E-state index contributed by atoms with van der Waals surface area (Å²) in [5, 5.41) is 4.76. The van der Waals surface area contributed by atoms with Gasteiger partial charge in [-0.2, -0.15) is 0 Å². The van der Waals surface area contributed by atoms with Crippen LogP contribution in [0, 0.1) is 0 Å². The summed E-state index contributed by atoms with van der Waals surface area (Å²) in [5.74, 6) is 0.846. The minimum Gasteiger partial charge on any atom is -0.497 e. The van der Waals surface area contributed by atoms with Gasteiger partial charge in [-0.15, -0.1) is 0 Å². The molecule has 0 fully saturated rings. The van der Waals surface area contributed by atoms with Crippen molar-refractivity contribution in [2.24, 2.45) is 0 Å². The molecule has 0 saturated heterocycles. The summed E-state index contributed by atoms with van der Waals surface area (Å²) in [5.41, 5.74) is 3.33. The number of ether oxygens (including phenoxy) is 1. The van der Waals surface area contributed by atoms with Crippen molar-refractivity contribution in [1.82, 2.24) is 9.47 Å². The molecule has 3 aromatic rings. The van der Waals surface area contributed by atoms with Crippen molar-refractivity contribution in [3.8, 4) is 5.75 Å². The molecular formula is C21H20ClN3OS. The molecule has 4 rings (SSSR count). The lowest BCUT2D eigenvalue weighted by Gasteiger charge is -2.39. The van der Waals surface area contributed by atoms with Gasteiger partial charge in [0.15, 0.2) is 5.11 Å². The quantitative estimate of drug-likeness (QED) is 0.633. The summed E-state index contributed by atoms with van der Waals surface area (Å²) in [6.45, 7) is 1.73. The van der Waals surface area contributed by atoms with Crippen LogP contribution in [-0.2, 0) is 6.54 Å². The van der Waals surface area contributed by atoms with Crippen molar-refractivity contribution >= 4 is 34.6 Å². The monoisotopic (exact) mass is 397 g/mol. The lowest BCUT2D eigenvalue weighted by atomic mass is 10.00. The summed E-state index contributed by atoms with van der Waals surface area (Å²) in [6, 6.07) is 20.1. The first-order valence-electron chi connectivity index (χ1n) is 8.78. The average Bonchev–Trinajstić information content (AvgIpc) is 3.18. The zero-order valence-electron chi connectivity index (χ0n) is 14.9. The number of benzene rings is 2. The number of hydrogen-bond donors (Lipinski definition) is 1. The van der Waals surface area contributed by atoms with Crippen molar-refractivity contribution in [2.45, 2.75) is 12.6 Å². The molecule has 1 atom stereocenters. The van der Waals surface area contributed by atoms with Crippen LogP contribution in [0.1, 0.15) is 17.3 Å². The molecular weight excluding hydrogens is 378 g/mol. The van der Waals surface area contributed by atoms with Gasteiger partial charge in [0.2, 0.25) is 0 Å². The molecule has 4 nitrogen and oxygen atoms in total. The minimum absolute atomic E-state index is 0.0481. The van der Waals surface area contributed by atoms with Gasteiger partial charge in [-0.3, -0.25) is 0 Å². The normalized spacial score (nSPS) is 15.9. The third kappa shape index (κ3) is 3.66. The molecule has 0 aliphatic carbocycles. The number of nitrogens with zero attached hydrogens (tertiary/aromatic N) is 2. The largest absolute Gasteiger partial charge is 0.497 e. The fourth-order valence-corrected chi connectivity index (χ4v) is 3.91. The number of fused-ring (bicyclic) bond motifs is 1. The van der Waals surface area contributed by atoms with Crippen LogP contribution in [0.2, 0.25) is 5.02 Å². The standard InChI is InChI=1S/C21H20ClN3OS/c1-26-18-10-4-15(5-11-18)20-19-3-2-12-24(19)13-14-25(20)21(27)23-17-8-6-16(22)7-9-17/h2-12,20H,13-14H2,1H3,(H,23,27). The predicted molar refractivity (Wildman–Crippen MR) is 114 cm³/mol. The van der Waals surface area contributed by atoms with Crippen LogP contribution in [-0.4, -0.2) is 28.2 Å². The molecule has 1 N–H and O–H groups in total. The predicted octanol–water partition coefficient (Wildman–Crippen LogP) is 4.95. The van der Waals surface area contributed by atoms with Gasteiger partial charge in [0.05, 0.1) is 13.2 Å². The van der Waals surface area contributed by atoms with E-state index in [1.54, 1.807) is 7.11 Å². The molecule has 1 aromatic heterocycles. The SMILES string of the molecule is COc1ccc(C2c3cccn3CCN2C(=S)Nc2ccc(Cl)cc2)cc1. The summed E-state index contributed by atoms with van der Waals surface area (Å²) in [6.07, 6.45) is 2.12. The Kier molecular flexibility index (Phi) is 5.05. The molecule has 2 aromatic carbocycles. The average molecular weight is 398 g/mol. The molecule has 0 radical (unpaired) electrons. The fourth-order valence-electron chi connectivity index (χ4n) is 3.47. The molecule has 27 heavy (non-hydrogen) atoms. The van der Waals surface area contributed by atoms with Crippen molar-refractivity contribution in [2.75, 3.05) is 19.0 Å². The molecule has 2 heterocycles. The summed E-state index contributed by atoms with van der Waals surface area (Å²) < 4.78 is 7.59. The third-order valence-electron chi connectivity index (χ3n) is 4.83. The maximum atomic E-state index is 5.98. The summed E-state index contributed by atoms with van der Waals surface area (Å²) in [7, 11) is 1.68. The molecule has 0 bridgehead atoms. The topological polar surface area (TPSA) is 29.4 Å². The highest BCUT2D eigenvalue weighted by atomic mass is 35.5. The second-order valence-electron chi connectivity index (χ2n) is 6.43. The molecule has 0 amide bonds. The van der Waals surface area contributed by atoms with E-state index in [2.05, 4.69) is 45.2 Å². The maximum absolute atomic E-state index is 5.98. The number of halogens is 1. The zero-order valence-corrected chi connectivity index (χ0v) is 16.5. The first-order valence-corrected chi connectivity index (χ1v) is 9.56. The number of aromatic nitrogens is 1. The summed E-state index contributed by atoms with van der Waals surface area (Å²) >= 11 is 11.7. The lowest BCUT2D eigenvalue weighted by molar-refractivity contribution is 0.293. The molecule has 6 heteroatoms. The molecule has 1 unspecified atom stereocenters. The van der Waals surface area contributed by atoms with Crippen LogP contribution in [0.4, 0.5) is 5.69 Å². The van der Waals surface area contributed by atoms with E-state index in [-0.39, 0.29) is 6.04 Å². The van der Waals surface area contributed by atoms with Crippen LogP contribution >= 0.6 is 23.8 Å². The molecule has 0 saturated carbocycles. The highest BCUT2D eigenvalue weighted by Gasteiger charge is 2.30. The first-order chi connectivity index (χ1) is 13.2. The second-order valence-corrected chi connectivity index (χ2v) is 7.26. The van der Waals surface area contributed by atoms with Crippen LogP contribution in [0.5, 0.6) is 5.75 Å². The molecule has 1 aliphatic heterocycles. The van der Waals surface area contributed by atoms with Gasteiger partial charge in [-0.1, -0.05) is 23.7 Å². The van der Waals surface area contributed by atoms with Crippen LogP contribution < -0.4 is 10.1 Å². The van der Waals surface area contributed by atoms with Gasteiger partial charge in [-0.05, 0) is 66.3 Å². The number of anilines is 1. The van der Waals surface area contributed by atoms with E-state index in [0.29, 0.717) is 10.1 Å². The van der Waals surface area contributed by atoms with Gasteiger partial charge in [0, 0.05) is 35.7 Å². The maximum Gasteiger partial charge on any atom is 0.174 e. The van der Waals surface area contributed by atoms with E-state index >= 15 is 0 Å². The van der Waals surface area contributed by atoms with Gasteiger partial charge in [0.25, 0.3) is 0 Å². The highest BCUT2D eigenvalue weighted by Crippen LogP contribution is 2.33. The van der Waals surface area contributed by atoms with Gasteiger partial charge >= 0.3 is 0 Å². The Bertz CT molecular complexity index is 937. The van der Waals surface area contributed by atoms with Crippen molar-refractivity contribution in [1.29, 1.82) is 0 Å². The molecule has 138 valence electrons. The Hall–Kier alpha value is -2.50. The van der Waals surface area contributed by atoms with Gasteiger partial charge < -0.3 is 19.5 Å². The first kappa shape index (κ1) is 17.9. The van der Waals surface area contributed by atoms with E-state index in [9.17, 15) is 0 Å². The number of rotatable bonds is 3.